The summed E-state index contributed by atoms with van der Waals surface area (Å²) in [6.45, 7) is 5.34. The van der Waals surface area contributed by atoms with Gasteiger partial charge in [0.2, 0.25) is 0 Å². The highest BCUT2D eigenvalue weighted by molar-refractivity contribution is 5.69. The normalized spacial score (nSPS) is 13.3. The summed E-state index contributed by atoms with van der Waals surface area (Å²) in [6, 6.07) is 4.29. The molecule has 1 rings (SSSR count). The third kappa shape index (κ3) is 3.49. The van der Waals surface area contributed by atoms with Crippen LogP contribution >= 0.6 is 0 Å². The summed E-state index contributed by atoms with van der Waals surface area (Å²) in [4.78, 5) is 0. The van der Waals surface area contributed by atoms with Crippen LogP contribution < -0.4 is 0 Å². The third-order valence-corrected chi connectivity index (χ3v) is 2.78. The van der Waals surface area contributed by atoms with E-state index in [9.17, 15) is 13.2 Å². The average Bonchev–Trinajstić information content (AvgIpc) is 2.28. The second kappa shape index (κ2) is 5.89. The Kier molecular flexibility index (Phi) is 4.76. The SMILES string of the molecule is CC/C=C/C=C(/C)c1cccc(C(F)(F)F)c1C. The van der Waals surface area contributed by atoms with E-state index in [1.54, 1.807) is 6.07 Å². The van der Waals surface area contributed by atoms with E-state index in [1.165, 1.54) is 13.0 Å². The van der Waals surface area contributed by atoms with Gasteiger partial charge in [-0.25, -0.2) is 0 Å². The van der Waals surface area contributed by atoms with Crippen molar-refractivity contribution >= 4 is 5.57 Å². The van der Waals surface area contributed by atoms with Crippen molar-refractivity contribution in [1.82, 2.24) is 0 Å². The monoisotopic (exact) mass is 254 g/mol. The highest BCUT2D eigenvalue weighted by atomic mass is 19.4. The van der Waals surface area contributed by atoms with Crippen LogP contribution in [0.15, 0.2) is 36.4 Å². The van der Waals surface area contributed by atoms with Crippen LogP contribution in [-0.2, 0) is 6.18 Å². The fraction of sp³-hybridized carbons (Fsp3) is 0.333. The number of benzene rings is 1. The Morgan fingerprint density at radius 3 is 2.50 bits per heavy atom. The number of allylic oxidation sites excluding steroid dienone is 4. The first kappa shape index (κ1) is 14.6. The molecule has 0 bridgehead atoms. The molecule has 1 aromatic rings. The molecule has 0 amide bonds. The van der Waals surface area contributed by atoms with Crippen molar-refractivity contribution in [3.05, 3.63) is 53.1 Å². The number of halogens is 3. The fourth-order valence-corrected chi connectivity index (χ4v) is 1.81. The summed E-state index contributed by atoms with van der Waals surface area (Å²) in [6.07, 6.45) is 2.29. The van der Waals surface area contributed by atoms with E-state index in [2.05, 4.69) is 0 Å². The Hall–Kier alpha value is -1.51. The van der Waals surface area contributed by atoms with Gasteiger partial charge in [-0.15, -0.1) is 0 Å². The molecule has 18 heavy (non-hydrogen) atoms. The second-order valence-corrected chi connectivity index (χ2v) is 4.16. The predicted molar refractivity (Wildman–Crippen MR) is 69.3 cm³/mol. The first-order chi connectivity index (χ1) is 8.38. The molecular weight excluding hydrogens is 237 g/mol. The molecule has 0 radical (unpaired) electrons. The molecule has 3 heteroatoms. The molecular formula is C15H17F3. The van der Waals surface area contributed by atoms with Gasteiger partial charge in [-0.1, -0.05) is 37.3 Å². The summed E-state index contributed by atoms with van der Waals surface area (Å²) in [5.41, 5.74) is 1.20. The van der Waals surface area contributed by atoms with E-state index in [0.29, 0.717) is 5.56 Å². The molecule has 0 aliphatic carbocycles. The van der Waals surface area contributed by atoms with Gasteiger partial charge in [-0.3, -0.25) is 0 Å². The molecule has 0 aliphatic rings. The Morgan fingerprint density at radius 1 is 1.28 bits per heavy atom. The average molecular weight is 254 g/mol. The van der Waals surface area contributed by atoms with E-state index in [0.717, 1.165) is 18.1 Å². The van der Waals surface area contributed by atoms with E-state index in [1.807, 2.05) is 32.1 Å². The molecule has 0 heterocycles. The zero-order valence-electron chi connectivity index (χ0n) is 10.8. The molecule has 0 saturated carbocycles. The molecule has 0 spiro atoms. The van der Waals surface area contributed by atoms with Crippen molar-refractivity contribution in [3.63, 3.8) is 0 Å². The Labute approximate surface area is 106 Å². The molecule has 0 unspecified atom stereocenters. The zero-order chi connectivity index (χ0) is 13.8. The second-order valence-electron chi connectivity index (χ2n) is 4.16. The number of hydrogen-bond donors (Lipinski definition) is 0. The van der Waals surface area contributed by atoms with Crippen LogP contribution in [0, 0.1) is 6.92 Å². The fourth-order valence-electron chi connectivity index (χ4n) is 1.81. The van der Waals surface area contributed by atoms with Gasteiger partial charge in [0.05, 0.1) is 5.56 Å². The summed E-state index contributed by atoms with van der Waals surface area (Å²) in [5, 5.41) is 0. The topological polar surface area (TPSA) is 0 Å². The molecule has 0 N–H and O–H groups in total. The molecule has 0 fully saturated rings. The van der Waals surface area contributed by atoms with Crippen molar-refractivity contribution in [2.24, 2.45) is 0 Å². The van der Waals surface area contributed by atoms with Crippen LogP contribution in [0.3, 0.4) is 0 Å². The van der Waals surface area contributed by atoms with Crippen molar-refractivity contribution < 1.29 is 13.2 Å². The predicted octanol–water partition coefficient (Wildman–Crippen LogP) is 5.38. The molecule has 1 aromatic carbocycles. The maximum absolute atomic E-state index is 12.8. The van der Waals surface area contributed by atoms with Crippen molar-refractivity contribution in [2.45, 2.75) is 33.4 Å². The van der Waals surface area contributed by atoms with Gasteiger partial charge in [0, 0.05) is 0 Å². The minimum absolute atomic E-state index is 0.281. The van der Waals surface area contributed by atoms with Crippen LogP contribution in [0.1, 0.15) is 37.0 Å². The first-order valence-electron chi connectivity index (χ1n) is 5.88. The molecule has 0 nitrogen and oxygen atoms in total. The lowest BCUT2D eigenvalue weighted by Crippen LogP contribution is -2.08. The number of rotatable bonds is 3. The van der Waals surface area contributed by atoms with Crippen LogP contribution in [0.5, 0.6) is 0 Å². The zero-order valence-corrected chi connectivity index (χ0v) is 10.8. The van der Waals surface area contributed by atoms with Gasteiger partial charge in [-0.2, -0.15) is 13.2 Å². The largest absolute Gasteiger partial charge is 0.416 e. The molecule has 98 valence electrons. The number of alkyl halides is 3. The summed E-state index contributed by atoms with van der Waals surface area (Å²) in [7, 11) is 0. The Morgan fingerprint density at radius 2 is 1.94 bits per heavy atom. The van der Waals surface area contributed by atoms with E-state index in [-0.39, 0.29) is 5.56 Å². The number of hydrogen-bond acceptors (Lipinski definition) is 0. The van der Waals surface area contributed by atoms with Crippen LogP contribution in [0.2, 0.25) is 0 Å². The maximum Gasteiger partial charge on any atom is 0.416 e. The smallest absolute Gasteiger partial charge is 0.166 e. The van der Waals surface area contributed by atoms with Gasteiger partial charge in [-0.05, 0) is 43.0 Å². The molecule has 0 saturated heterocycles. The quantitative estimate of drug-likeness (QED) is 0.635. The minimum Gasteiger partial charge on any atom is -0.166 e. The summed E-state index contributed by atoms with van der Waals surface area (Å²) >= 11 is 0. The Bertz CT molecular complexity index is 465. The van der Waals surface area contributed by atoms with Gasteiger partial charge in [0.1, 0.15) is 0 Å². The van der Waals surface area contributed by atoms with Crippen molar-refractivity contribution in [3.8, 4) is 0 Å². The van der Waals surface area contributed by atoms with Crippen molar-refractivity contribution in [2.75, 3.05) is 0 Å². The van der Waals surface area contributed by atoms with Gasteiger partial charge in [0.25, 0.3) is 0 Å². The lowest BCUT2D eigenvalue weighted by atomic mass is 9.96. The van der Waals surface area contributed by atoms with Crippen LogP contribution in [0.25, 0.3) is 5.57 Å². The van der Waals surface area contributed by atoms with E-state index in [4.69, 9.17) is 0 Å². The highest BCUT2D eigenvalue weighted by Crippen LogP contribution is 2.34. The third-order valence-electron chi connectivity index (χ3n) is 2.78. The Balaban J connectivity index is 3.19. The summed E-state index contributed by atoms with van der Waals surface area (Å²) < 4.78 is 38.3. The molecule has 0 atom stereocenters. The standard InChI is InChI=1S/C15H17F3/c1-4-5-6-8-11(2)13-9-7-10-14(12(13)3)15(16,17)18/h5-10H,4H2,1-3H3/b6-5+,11-8-. The van der Waals surface area contributed by atoms with Crippen molar-refractivity contribution in [1.29, 1.82) is 0 Å². The van der Waals surface area contributed by atoms with E-state index < -0.39 is 11.7 Å². The van der Waals surface area contributed by atoms with Crippen LogP contribution in [-0.4, -0.2) is 0 Å². The summed E-state index contributed by atoms with van der Waals surface area (Å²) in [5.74, 6) is 0. The molecule has 0 aromatic heterocycles. The van der Waals surface area contributed by atoms with Crippen LogP contribution in [0.4, 0.5) is 13.2 Å². The first-order valence-corrected chi connectivity index (χ1v) is 5.88. The molecule has 0 aliphatic heterocycles. The van der Waals surface area contributed by atoms with Gasteiger partial charge in [0.15, 0.2) is 0 Å². The minimum atomic E-state index is -4.29. The maximum atomic E-state index is 12.8. The highest BCUT2D eigenvalue weighted by Gasteiger charge is 2.32. The van der Waals surface area contributed by atoms with Gasteiger partial charge >= 0.3 is 6.18 Å². The lowest BCUT2D eigenvalue weighted by molar-refractivity contribution is -0.138. The van der Waals surface area contributed by atoms with Gasteiger partial charge < -0.3 is 0 Å². The lowest BCUT2D eigenvalue weighted by Gasteiger charge is -2.14. The van der Waals surface area contributed by atoms with E-state index >= 15 is 0 Å².